The molecule has 1 heterocycles. The summed E-state index contributed by atoms with van der Waals surface area (Å²) < 4.78 is 44.4. The molecule has 1 N–H and O–H groups in total. The summed E-state index contributed by atoms with van der Waals surface area (Å²) in [7, 11) is 0. The topological polar surface area (TPSA) is 81.2 Å². The molecule has 1 aliphatic carbocycles. The molecule has 0 bridgehead atoms. The van der Waals surface area contributed by atoms with Crippen molar-refractivity contribution in [3.63, 3.8) is 0 Å². The highest BCUT2D eigenvalue weighted by atomic mass is 19.4. The number of halogens is 3. The number of aromatic nitrogens is 2. The highest BCUT2D eigenvalue weighted by Crippen LogP contribution is 2.51. The molecule has 0 aliphatic heterocycles. The molecule has 0 saturated heterocycles. The van der Waals surface area contributed by atoms with E-state index in [0.717, 1.165) is 6.07 Å². The summed E-state index contributed by atoms with van der Waals surface area (Å²) in [6, 6.07) is 6.74. The molecule has 1 aliphatic rings. The second-order valence-electron chi connectivity index (χ2n) is 6.17. The number of anilines is 1. The molecule has 1 amide bonds. The van der Waals surface area contributed by atoms with Crippen molar-refractivity contribution in [2.75, 3.05) is 5.32 Å². The Hall–Kier alpha value is -2.97. The molecule has 1 fully saturated rings. The Labute approximate surface area is 152 Å². The fourth-order valence-electron chi connectivity index (χ4n) is 2.77. The van der Waals surface area contributed by atoms with E-state index in [1.807, 2.05) is 0 Å². The van der Waals surface area contributed by atoms with Gasteiger partial charge < -0.3 is 4.74 Å². The van der Waals surface area contributed by atoms with Crippen molar-refractivity contribution >= 4 is 17.8 Å². The fourth-order valence-corrected chi connectivity index (χ4v) is 2.77. The molecular formula is C18H16F3N3O3. The number of nitrogens with zero attached hydrogens (tertiary/aromatic N) is 2. The zero-order chi connectivity index (χ0) is 19.6. The number of carbonyl (C=O) groups is 2. The first-order valence-corrected chi connectivity index (χ1v) is 8.22. The van der Waals surface area contributed by atoms with Gasteiger partial charge in [0.2, 0.25) is 5.95 Å². The zero-order valence-corrected chi connectivity index (χ0v) is 14.2. The summed E-state index contributed by atoms with van der Waals surface area (Å²) in [5.41, 5.74) is -0.681. The van der Waals surface area contributed by atoms with Gasteiger partial charge in [0.05, 0.1) is 11.5 Å². The van der Waals surface area contributed by atoms with Crippen molar-refractivity contribution in [2.45, 2.75) is 31.5 Å². The lowest BCUT2D eigenvalue weighted by Crippen LogP contribution is -2.31. The standard InChI is InChI=1S/C18H16F3N3O3/c1-10(15(25)24-17-22-7-4-8-23-17)27-16(26)13-9-12(13)11-5-2-3-6-14(11)18(19,20)21/h2-8,10,12-13H,9H2,1H3,(H,22,23,24,25)/t10-,12-,13+/m0/s1. The minimum atomic E-state index is -4.49. The summed E-state index contributed by atoms with van der Waals surface area (Å²) in [5, 5.41) is 2.39. The molecule has 1 aromatic heterocycles. The van der Waals surface area contributed by atoms with Crippen LogP contribution in [-0.2, 0) is 20.5 Å². The average molecular weight is 379 g/mol. The summed E-state index contributed by atoms with van der Waals surface area (Å²) in [5.74, 6) is -2.52. The summed E-state index contributed by atoms with van der Waals surface area (Å²) in [6.45, 7) is 1.37. The number of rotatable bonds is 5. The van der Waals surface area contributed by atoms with Crippen LogP contribution in [0.25, 0.3) is 0 Å². The van der Waals surface area contributed by atoms with Gasteiger partial charge in [-0.25, -0.2) is 9.97 Å². The van der Waals surface area contributed by atoms with Crippen LogP contribution < -0.4 is 5.32 Å². The number of benzene rings is 1. The number of alkyl halides is 3. The van der Waals surface area contributed by atoms with Gasteiger partial charge in [-0.2, -0.15) is 13.2 Å². The van der Waals surface area contributed by atoms with Gasteiger partial charge >= 0.3 is 12.1 Å². The molecule has 27 heavy (non-hydrogen) atoms. The Kier molecular flexibility index (Phi) is 5.11. The Morgan fingerprint density at radius 1 is 1.19 bits per heavy atom. The lowest BCUT2D eigenvalue weighted by Gasteiger charge is -2.14. The van der Waals surface area contributed by atoms with E-state index in [9.17, 15) is 22.8 Å². The number of hydrogen-bond donors (Lipinski definition) is 1. The van der Waals surface area contributed by atoms with E-state index in [1.165, 1.54) is 37.5 Å². The minimum absolute atomic E-state index is 0.0637. The quantitative estimate of drug-likeness (QED) is 0.807. The second kappa shape index (κ2) is 7.34. The predicted octanol–water partition coefficient (Wildman–Crippen LogP) is 3.17. The minimum Gasteiger partial charge on any atom is -0.452 e. The number of amides is 1. The molecule has 0 spiro atoms. The van der Waals surface area contributed by atoms with E-state index in [2.05, 4.69) is 15.3 Å². The Morgan fingerprint density at radius 2 is 1.85 bits per heavy atom. The van der Waals surface area contributed by atoms with Gasteiger partial charge in [0.25, 0.3) is 5.91 Å². The first-order valence-electron chi connectivity index (χ1n) is 8.22. The molecule has 3 rings (SSSR count). The van der Waals surface area contributed by atoms with Crippen LogP contribution >= 0.6 is 0 Å². The lowest BCUT2D eigenvalue weighted by atomic mass is 10.0. The molecule has 1 aromatic carbocycles. The third-order valence-electron chi connectivity index (χ3n) is 4.22. The lowest BCUT2D eigenvalue weighted by molar-refractivity contribution is -0.154. The van der Waals surface area contributed by atoms with E-state index >= 15 is 0 Å². The third-order valence-corrected chi connectivity index (χ3v) is 4.22. The molecule has 0 unspecified atom stereocenters. The maximum absolute atomic E-state index is 13.1. The smallest absolute Gasteiger partial charge is 0.416 e. The molecule has 0 radical (unpaired) electrons. The number of hydrogen-bond acceptors (Lipinski definition) is 5. The summed E-state index contributed by atoms with van der Waals surface area (Å²) >= 11 is 0. The van der Waals surface area contributed by atoms with Crippen LogP contribution in [0, 0.1) is 5.92 Å². The second-order valence-corrected chi connectivity index (χ2v) is 6.17. The van der Waals surface area contributed by atoms with Crippen LogP contribution in [0.5, 0.6) is 0 Å². The monoisotopic (exact) mass is 379 g/mol. The average Bonchev–Trinajstić information content (AvgIpc) is 3.42. The van der Waals surface area contributed by atoms with Gasteiger partial charge in [0.1, 0.15) is 0 Å². The summed E-state index contributed by atoms with van der Waals surface area (Å²) in [4.78, 5) is 31.9. The van der Waals surface area contributed by atoms with Gasteiger partial charge in [0.15, 0.2) is 6.10 Å². The largest absolute Gasteiger partial charge is 0.452 e. The zero-order valence-electron chi connectivity index (χ0n) is 14.2. The van der Waals surface area contributed by atoms with Crippen LogP contribution in [0.15, 0.2) is 42.7 Å². The van der Waals surface area contributed by atoms with Crippen LogP contribution in [-0.4, -0.2) is 27.9 Å². The normalized spacial score (nSPS) is 19.9. The van der Waals surface area contributed by atoms with E-state index in [4.69, 9.17) is 4.74 Å². The SMILES string of the molecule is C[C@H](OC(=O)[C@@H]1C[C@H]1c1ccccc1C(F)(F)F)C(=O)Nc1ncccn1. The van der Waals surface area contributed by atoms with E-state index in [0.29, 0.717) is 0 Å². The first-order chi connectivity index (χ1) is 12.8. The number of carbonyl (C=O) groups excluding carboxylic acids is 2. The molecule has 9 heteroatoms. The van der Waals surface area contributed by atoms with E-state index in [1.54, 1.807) is 6.07 Å². The molecule has 1 saturated carbocycles. The van der Waals surface area contributed by atoms with Crippen molar-refractivity contribution in [3.8, 4) is 0 Å². The van der Waals surface area contributed by atoms with Crippen LogP contribution in [0.1, 0.15) is 30.4 Å². The predicted molar refractivity (Wildman–Crippen MR) is 88.5 cm³/mol. The maximum atomic E-state index is 13.1. The highest BCUT2D eigenvalue weighted by Gasteiger charge is 2.49. The van der Waals surface area contributed by atoms with Gasteiger partial charge in [-0.1, -0.05) is 18.2 Å². The Balaban J connectivity index is 1.60. The van der Waals surface area contributed by atoms with Crippen molar-refractivity contribution < 1.29 is 27.5 Å². The van der Waals surface area contributed by atoms with Gasteiger partial charge in [0, 0.05) is 12.4 Å². The van der Waals surface area contributed by atoms with Crippen LogP contribution in [0.4, 0.5) is 19.1 Å². The van der Waals surface area contributed by atoms with Gasteiger partial charge in [-0.05, 0) is 37.0 Å². The van der Waals surface area contributed by atoms with Crippen LogP contribution in [0.2, 0.25) is 0 Å². The van der Waals surface area contributed by atoms with Crippen molar-refractivity contribution in [1.29, 1.82) is 0 Å². The number of esters is 1. The highest BCUT2D eigenvalue weighted by molar-refractivity contribution is 5.94. The Bertz CT molecular complexity index is 842. The molecule has 142 valence electrons. The third kappa shape index (κ3) is 4.42. The number of nitrogens with one attached hydrogen (secondary N) is 1. The number of ether oxygens (including phenoxy) is 1. The molecule has 2 aromatic rings. The van der Waals surface area contributed by atoms with Crippen molar-refractivity contribution in [1.82, 2.24) is 9.97 Å². The Morgan fingerprint density at radius 3 is 2.52 bits per heavy atom. The fraction of sp³-hybridized carbons (Fsp3) is 0.333. The maximum Gasteiger partial charge on any atom is 0.416 e. The van der Waals surface area contributed by atoms with Gasteiger partial charge in [-0.3, -0.25) is 14.9 Å². The van der Waals surface area contributed by atoms with Crippen molar-refractivity contribution in [3.05, 3.63) is 53.9 Å². The molecular weight excluding hydrogens is 363 g/mol. The molecule has 3 atom stereocenters. The van der Waals surface area contributed by atoms with Crippen molar-refractivity contribution in [2.24, 2.45) is 5.92 Å². The van der Waals surface area contributed by atoms with E-state index in [-0.39, 0.29) is 17.9 Å². The van der Waals surface area contributed by atoms with Crippen LogP contribution in [0.3, 0.4) is 0 Å². The molecule has 6 nitrogen and oxygen atoms in total. The summed E-state index contributed by atoms with van der Waals surface area (Å²) in [6.07, 6.45) is -2.49. The first kappa shape index (κ1) is 18.8. The van der Waals surface area contributed by atoms with Gasteiger partial charge in [-0.15, -0.1) is 0 Å². The van der Waals surface area contributed by atoms with E-state index < -0.39 is 41.6 Å².